The summed E-state index contributed by atoms with van der Waals surface area (Å²) in [5.41, 5.74) is 0. The molecule has 0 radical (unpaired) electrons. The fourth-order valence-corrected chi connectivity index (χ4v) is 5.88. The van der Waals surface area contributed by atoms with Crippen LogP contribution in [0.2, 0.25) is 0 Å². The lowest BCUT2D eigenvalue weighted by atomic mass is 10.1. The van der Waals surface area contributed by atoms with Crippen LogP contribution in [-0.2, 0) is 37.5 Å². The van der Waals surface area contributed by atoms with Crippen molar-refractivity contribution in [1.82, 2.24) is 0 Å². The van der Waals surface area contributed by atoms with E-state index in [0.717, 1.165) is 70.6 Å². The highest BCUT2D eigenvalue weighted by Crippen LogP contribution is 2.43. The van der Waals surface area contributed by atoms with Crippen LogP contribution < -0.4 is 0 Å². The Hall–Kier alpha value is -3.40. The van der Waals surface area contributed by atoms with Crippen molar-refractivity contribution >= 4 is 25.5 Å². The summed E-state index contributed by atoms with van der Waals surface area (Å²) in [6.45, 7) is 4.00. The van der Waals surface area contributed by atoms with E-state index in [1.54, 1.807) is 6.08 Å². The number of ketones is 1. The number of hydrogen-bond acceptors (Lipinski definition) is 8. The first kappa shape index (κ1) is 55.6. The highest BCUT2D eigenvalue weighted by Gasteiger charge is 2.27. The van der Waals surface area contributed by atoms with Crippen LogP contribution in [0.3, 0.4) is 0 Å². The standard InChI is InChI=1S/C48H78NO9P/c1-6-8-10-12-14-15-16-17-18-19-20-21-22-23-24-25-27-31-35-39-47(51)55-43-46(44-57-59(53,54)56-42-41-49(3,4)5)58-48(52)40-36-32-28-30-34-38-45(50)37-33-29-26-13-11-9-7-2/h8,10,14-15,17-18,20-21,23-24,26-27,29,31,33,37,46H,6-7,9,11-13,16,19,22,25,28,30,32,34-36,38-44H2,1-5H3/p+1/b10-8-,15-14-,18-17-,21-20-,24-23-,29-26-,31-27-,37-33+/t46-/m1/s1. The third-order valence-electron chi connectivity index (χ3n) is 8.59. The van der Waals surface area contributed by atoms with Crippen LogP contribution >= 0.6 is 7.82 Å². The minimum Gasteiger partial charge on any atom is -0.462 e. The van der Waals surface area contributed by atoms with E-state index >= 15 is 0 Å². The van der Waals surface area contributed by atoms with E-state index in [9.17, 15) is 23.8 Å². The predicted molar refractivity (Wildman–Crippen MR) is 243 cm³/mol. The zero-order chi connectivity index (χ0) is 43.7. The molecule has 0 bridgehead atoms. The molecule has 1 unspecified atom stereocenters. The Labute approximate surface area is 358 Å². The molecular formula is C48H79NO9P+. The van der Waals surface area contributed by atoms with Gasteiger partial charge >= 0.3 is 19.8 Å². The van der Waals surface area contributed by atoms with Crippen LogP contribution in [0.25, 0.3) is 0 Å². The largest absolute Gasteiger partial charge is 0.472 e. The minimum absolute atomic E-state index is 0.00723. The zero-order valence-electron chi connectivity index (χ0n) is 37.2. The number of phosphoric acid groups is 1. The van der Waals surface area contributed by atoms with E-state index in [-0.39, 0.29) is 31.8 Å². The molecule has 0 aromatic rings. The van der Waals surface area contributed by atoms with Crippen molar-refractivity contribution in [2.75, 3.05) is 47.5 Å². The first-order chi connectivity index (χ1) is 28.4. The quantitative estimate of drug-likeness (QED) is 0.0123. The highest BCUT2D eigenvalue weighted by molar-refractivity contribution is 7.47. The predicted octanol–water partition coefficient (Wildman–Crippen LogP) is 11.8. The smallest absolute Gasteiger partial charge is 0.462 e. The minimum atomic E-state index is -4.43. The average molecular weight is 845 g/mol. The summed E-state index contributed by atoms with van der Waals surface area (Å²) in [5, 5.41) is 0. The lowest BCUT2D eigenvalue weighted by Crippen LogP contribution is -2.37. The first-order valence-corrected chi connectivity index (χ1v) is 23.4. The normalized spacial score (nSPS) is 14.4. The number of phosphoric ester groups is 1. The van der Waals surface area contributed by atoms with Gasteiger partial charge in [-0.3, -0.25) is 23.4 Å². The third kappa shape index (κ3) is 42.5. The number of allylic oxidation sites excluding steroid dienone is 16. The number of nitrogens with zero attached hydrogens (tertiary/aromatic N) is 1. The van der Waals surface area contributed by atoms with Gasteiger partial charge in [-0.25, -0.2) is 4.57 Å². The van der Waals surface area contributed by atoms with Gasteiger partial charge in [-0.1, -0.05) is 137 Å². The van der Waals surface area contributed by atoms with Crippen molar-refractivity contribution in [3.8, 4) is 0 Å². The van der Waals surface area contributed by atoms with E-state index < -0.39 is 32.5 Å². The second kappa shape index (κ2) is 38.8. The summed E-state index contributed by atoms with van der Waals surface area (Å²) in [6.07, 6.45) is 47.2. The van der Waals surface area contributed by atoms with Gasteiger partial charge in [0, 0.05) is 19.3 Å². The molecule has 0 aliphatic heterocycles. The Morgan fingerprint density at radius 2 is 1.15 bits per heavy atom. The van der Waals surface area contributed by atoms with Gasteiger partial charge in [0.1, 0.15) is 19.8 Å². The molecule has 0 saturated heterocycles. The zero-order valence-corrected chi connectivity index (χ0v) is 38.1. The van der Waals surface area contributed by atoms with Crippen molar-refractivity contribution in [1.29, 1.82) is 0 Å². The van der Waals surface area contributed by atoms with E-state index in [4.69, 9.17) is 18.5 Å². The second-order valence-electron chi connectivity index (χ2n) is 15.4. The molecule has 0 spiro atoms. The molecule has 334 valence electrons. The number of rotatable bonds is 38. The average Bonchev–Trinajstić information content (AvgIpc) is 3.18. The summed E-state index contributed by atoms with van der Waals surface area (Å²) < 4.78 is 34.1. The van der Waals surface area contributed by atoms with Crippen LogP contribution in [0.4, 0.5) is 0 Å². The molecule has 0 amide bonds. The molecule has 10 nitrogen and oxygen atoms in total. The first-order valence-electron chi connectivity index (χ1n) is 21.9. The molecule has 11 heteroatoms. The van der Waals surface area contributed by atoms with Crippen molar-refractivity contribution < 1.29 is 46.8 Å². The Bertz CT molecular complexity index is 1380. The van der Waals surface area contributed by atoms with Gasteiger partial charge in [0.25, 0.3) is 0 Å². The number of carbonyl (C=O) groups is 3. The summed E-state index contributed by atoms with van der Waals surface area (Å²) in [6, 6.07) is 0. The molecule has 0 saturated carbocycles. The number of esters is 2. The molecular weight excluding hydrogens is 765 g/mol. The number of unbranched alkanes of at least 4 members (excludes halogenated alkanes) is 7. The Morgan fingerprint density at radius 3 is 1.73 bits per heavy atom. The lowest BCUT2D eigenvalue weighted by Gasteiger charge is -2.24. The SMILES string of the molecule is CC/C=C\C/C=C\C/C=C\C/C=C\C/C=C\C/C=C\CCC(=O)OC[C@H](COP(=O)(O)OCC[N+](C)(C)C)OC(=O)CCCCCCCC(=O)/C=C/C=C\CCCCC. The fourth-order valence-electron chi connectivity index (χ4n) is 5.14. The summed E-state index contributed by atoms with van der Waals surface area (Å²) in [4.78, 5) is 47.4. The number of hydrogen-bond donors (Lipinski definition) is 1. The molecule has 0 aromatic heterocycles. The van der Waals surface area contributed by atoms with Gasteiger partial charge in [-0.15, -0.1) is 0 Å². The fraction of sp³-hybridized carbons (Fsp3) is 0.604. The summed E-state index contributed by atoms with van der Waals surface area (Å²) in [7, 11) is 1.34. The van der Waals surface area contributed by atoms with E-state index in [0.29, 0.717) is 30.3 Å². The molecule has 0 heterocycles. The summed E-state index contributed by atoms with van der Waals surface area (Å²) in [5.74, 6) is -0.889. The Kier molecular flexibility index (Phi) is 36.5. The van der Waals surface area contributed by atoms with E-state index in [2.05, 4.69) is 80.7 Å². The van der Waals surface area contributed by atoms with E-state index in [1.165, 1.54) is 19.3 Å². The van der Waals surface area contributed by atoms with Gasteiger partial charge in [0.2, 0.25) is 0 Å². The Morgan fingerprint density at radius 1 is 0.593 bits per heavy atom. The second-order valence-corrected chi connectivity index (χ2v) is 16.8. The number of likely N-dealkylation sites (N-methyl/N-ethyl adjacent to an activating group) is 1. The maximum Gasteiger partial charge on any atom is 0.472 e. The van der Waals surface area contributed by atoms with Crippen molar-refractivity contribution in [3.63, 3.8) is 0 Å². The molecule has 0 aromatic carbocycles. The van der Waals surface area contributed by atoms with Crippen LogP contribution in [0.1, 0.15) is 136 Å². The van der Waals surface area contributed by atoms with Crippen LogP contribution in [0.5, 0.6) is 0 Å². The van der Waals surface area contributed by atoms with Crippen molar-refractivity contribution in [3.05, 3.63) is 97.2 Å². The number of carbonyl (C=O) groups excluding carboxylic acids is 3. The van der Waals surface area contributed by atoms with Gasteiger partial charge < -0.3 is 18.9 Å². The molecule has 1 N–H and O–H groups in total. The van der Waals surface area contributed by atoms with Gasteiger partial charge in [-0.05, 0) is 76.7 Å². The molecule has 0 aliphatic carbocycles. The van der Waals surface area contributed by atoms with Gasteiger partial charge in [0.15, 0.2) is 11.9 Å². The topological polar surface area (TPSA) is 125 Å². The molecule has 0 fully saturated rings. The van der Waals surface area contributed by atoms with Crippen LogP contribution in [-0.4, -0.2) is 80.7 Å². The molecule has 0 aliphatic rings. The van der Waals surface area contributed by atoms with Crippen LogP contribution in [0.15, 0.2) is 97.2 Å². The summed E-state index contributed by atoms with van der Waals surface area (Å²) >= 11 is 0. The maximum atomic E-state index is 12.7. The molecule has 2 atom stereocenters. The van der Waals surface area contributed by atoms with Gasteiger partial charge in [0.05, 0.1) is 27.7 Å². The molecule has 0 rings (SSSR count). The van der Waals surface area contributed by atoms with E-state index in [1.807, 2.05) is 45.4 Å². The Balaban J connectivity index is 4.59. The van der Waals surface area contributed by atoms with Crippen molar-refractivity contribution in [2.45, 2.75) is 142 Å². The number of ether oxygens (including phenoxy) is 2. The van der Waals surface area contributed by atoms with Gasteiger partial charge in [-0.2, -0.15) is 0 Å². The monoisotopic (exact) mass is 845 g/mol. The highest BCUT2D eigenvalue weighted by atomic mass is 31.2. The van der Waals surface area contributed by atoms with Crippen LogP contribution in [0, 0.1) is 0 Å². The number of quaternary nitrogens is 1. The third-order valence-corrected chi connectivity index (χ3v) is 9.57. The van der Waals surface area contributed by atoms with Crippen molar-refractivity contribution in [2.24, 2.45) is 0 Å². The lowest BCUT2D eigenvalue weighted by molar-refractivity contribution is -0.870. The molecule has 59 heavy (non-hydrogen) atoms. The maximum absolute atomic E-state index is 12.7.